The average Bonchev–Trinajstić information content (AvgIpc) is 2.76. The van der Waals surface area contributed by atoms with Crippen LogP contribution in [0.3, 0.4) is 0 Å². The zero-order valence-corrected chi connectivity index (χ0v) is 18.2. The first-order valence-corrected chi connectivity index (χ1v) is 9.76. The van der Waals surface area contributed by atoms with Crippen LogP contribution < -0.4 is 14.5 Å². The highest BCUT2D eigenvalue weighted by atomic mass is 19.4. The maximum Gasteiger partial charge on any atom is 0.499 e. The van der Waals surface area contributed by atoms with Gasteiger partial charge in [0.25, 0.3) is 0 Å². The lowest BCUT2D eigenvalue weighted by Crippen LogP contribution is -2.48. The van der Waals surface area contributed by atoms with E-state index in [0.717, 1.165) is 43.5 Å². The topological polar surface area (TPSA) is 59.1 Å². The van der Waals surface area contributed by atoms with Gasteiger partial charge in [0.15, 0.2) is 0 Å². The third kappa shape index (κ3) is 7.68. The third-order valence-corrected chi connectivity index (χ3v) is 4.41. The summed E-state index contributed by atoms with van der Waals surface area (Å²) < 4.78 is 125. The van der Waals surface area contributed by atoms with Gasteiger partial charge in [-0.1, -0.05) is 6.07 Å². The number of halogens is 9. The molecule has 0 saturated carbocycles. The predicted octanol–water partition coefficient (Wildman–Crippen LogP) is 5.92. The van der Waals surface area contributed by atoms with Crippen LogP contribution in [0.4, 0.5) is 55.7 Å². The van der Waals surface area contributed by atoms with Crippen LogP contribution >= 0.6 is 0 Å². The Morgan fingerprint density at radius 2 is 1.47 bits per heavy atom. The van der Waals surface area contributed by atoms with E-state index in [0.29, 0.717) is 17.0 Å². The SMILES string of the molecule is COC(=O)CCN(C(=O)N(CC(F)(F)F)c1ccc(F)cc1)c1cccc(OC(F)(F)C(F)(F)F)c1. The minimum atomic E-state index is -6.09. The second-order valence-electron chi connectivity index (χ2n) is 7.05. The van der Waals surface area contributed by atoms with Crippen molar-refractivity contribution in [1.82, 2.24) is 0 Å². The normalized spacial score (nSPS) is 12.2. The first-order valence-electron chi connectivity index (χ1n) is 9.76. The van der Waals surface area contributed by atoms with Gasteiger partial charge in [0, 0.05) is 24.0 Å². The summed E-state index contributed by atoms with van der Waals surface area (Å²) in [5, 5.41) is 0. The Labute approximate surface area is 197 Å². The summed E-state index contributed by atoms with van der Waals surface area (Å²) in [5.74, 6) is -2.81. The fourth-order valence-electron chi connectivity index (χ4n) is 2.78. The molecule has 2 rings (SSSR count). The van der Waals surface area contributed by atoms with Crippen molar-refractivity contribution in [3.63, 3.8) is 0 Å². The van der Waals surface area contributed by atoms with Gasteiger partial charge in [0.1, 0.15) is 18.1 Å². The predicted molar refractivity (Wildman–Crippen MR) is 107 cm³/mol. The molecule has 0 bridgehead atoms. The lowest BCUT2D eigenvalue weighted by atomic mass is 10.2. The number of carbonyl (C=O) groups excluding carboxylic acids is 2. The van der Waals surface area contributed by atoms with Crippen molar-refractivity contribution in [3.8, 4) is 5.75 Å². The van der Waals surface area contributed by atoms with Gasteiger partial charge in [0.05, 0.1) is 13.5 Å². The Morgan fingerprint density at radius 3 is 2.00 bits per heavy atom. The van der Waals surface area contributed by atoms with E-state index < -0.39 is 72.9 Å². The number of rotatable bonds is 8. The molecular formula is C21H17F9N2O4. The number of ether oxygens (including phenoxy) is 2. The Morgan fingerprint density at radius 1 is 0.861 bits per heavy atom. The number of methoxy groups -OCH3 is 1. The van der Waals surface area contributed by atoms with Crippen molar-refractivity contribution in [2.24, 2.45) is 0 Å². The Kier molecular flexibility index (Phi) is 8.70. The Hall–Kier alpha value is -3.65. The van der Waals surface area contributed by atoms with Gasteiger partial charge in [-0.15, -0.1) is 0 Å². The first-order chi connectivity index (χ1) is 16.5. The van der Waals surface area contributed by atoms with Crippen LogP contribution in [0.5, 0.6) is 5.75 Å². The molecule has 0 aromatic heterocycles. The van der Waals surface area contributed by atoms with Crippen LogP contribution in [0.25, 0.3) is 0 Å². The highest BCUT2D eigenvalue weighted by Crippen LogP contribution is 2.38. The molecular weight excluding hydrogens is 515 g/mol. The van der Waals surface area contributed by atoms with E-state index in [2.05, 4.69) is 9.47 Å². The van der Waals surface area contributed by atoms with E-state index in [-0.39, 0.29) is 4.90 Å². The molecule has 198 valence electrons. The second kappa shape index (κ2) is 11.0. The van der Waals surface area contributed by atoms with Crippen LogP contribution in [0.1, 0.15) is 6.42 Å². The minimum absolute atomic E-state index is 0.161. The molecule has 0 fully saturated rings. The number of urea groups is 1. The number of esters is 1. The minimum Gasteiger partial charge on any atom is -0.469 e. The molecule has 15 heteroatoms. The van der Waals surface area contributed by atoms with E-state index in [1.54, 1.807) is 0 Å². The molecule has 0 aliphatic rings. The maximum atomic E-state index is 13.3. The number of carbonyl (C=O) groups is 2. The van der Waals surface area contributed by atoms with Gasteiger partial charge < -0.3 is 9.47 Å². The van der Waals surface area contributed by atoms with Gasteiger partial charge in [-0.25, -0.2) is 9.18 Å². The molecule has 36 heavy (non-hydrogen) atoms. The number of benzene rings is 2. The van der Waals surface area contributed by atoms with Crippen molar-refractivity contribution in [3.05, 3.63) is 54.3 Å². The number of anilines is 2. The molecule has 2 amide bonds. The zero-order valence-electron chi connectivity index (χ0n) is 18.2. The van der Waals surface area contributed by atoms with E-state index in [4.69, 9.17) is 0 Å². The van der Waals surface area contributed by atoms with E-state index >= 15 is 0 Å². The maximum absolute atomic E-state index is 13.3. The van der Waals surface area contributed by atoms with Gasteiger partial charge in [0.2, 0.25) is 0 Å². The van der Waals surface area contributed by atoms with Crippen LogP contribution in [0.2, 0.25) is 0 Å². The summed E-state index contributed by atoms with van der Waals surface area (Å²) in [7, 11) is 0.983. The van der Waals surface area contributed by atoms with Gasteiger partial charge in [-0.05, 0) is 36.4 Å². The van der Waals surface area contributed by atoms with Crippen molar-refractivity contribution >= 4 is 23.4 Å². The molecule has 0 saturated heterocycles. The summed E-state index contributed by atoms with van der Waals surface area (Å²) in [5.41, 5.74) is -0.897. The lowest BCUT2D eigenvalue weighted by Gasteiger charge is -2.31. The standard InChI is InChI=1S/C21H17F9N2O4/c1-35-17(33)9-10-31(15-3-2-4-16(11-15)36-21(29,30)20(26,27)28)18(34)32(12-19(23,24)25)14-7-5-13(22)6-8-14/h2-8,11H,9-10,12H2,1H3. The smallest absolute Gasteiger partial charge is 0.469 e. The Balaban J connectivity index is 2.51. The highest BCUT2D eigenvalue weighted by molar-refractivity contribution is 6.04. The fraction of sp³-hybridized carbons (Fsp3) is 0.333. The summed E-state index contributed by atoms with van der Waals surface area (Å²) in [6.45, 7) is -2.55. The molecule has 0 N–H and O–H groups in total. The van der Waals surface area contributed by atoms with Crippen molar-refractivity contribution in [2.75, 3.05) is 30.0 Å². The molecule has 0 heterocycles. The monoisotopic (exact) mass is 532 g/mol. The second-order valence-corrected chi connectivity index (χ2v) is 7.05. The van der Waals surface area contributed by atoms with Crippen LogP contribution in [0, 0.1) is 5.82 Å². The summed E-state index contributed by atoms with van der Waals surface area (Å²) in [4.78, 5) is 25.5. The summed E-state index contributed by atoms with van der Waals surface area (Å²) in [6.07, 6.45) is -17.3. The Bertz CT molecular complexity index is 1060. The summed E-state index contributed by atoms with van der Waals surface area (Å²) >= 11 is 0. The highest BCUT2D eigenvalue weighted by Gasteiger charge is 2.61. The average molecular weight is 532 g/mol. The number of alkyl halides is 8. The quantitative estimate of drug-likeness (QED) is 0.313. The third-order valence-electron chi connectivity index (χ3n) is 4.41. The molecule has 0 atom stereocenters. The number of amides is 2. The number of hydrogen-bond acceptors (Lipinski definition) is 4. The fourth-order valence-corrected chi connectivity index (χ4v) is 2.78. The van der Waals surface area contributed by atoms with Gasteiger partial charge in [-0.2, -0.15) is 35.1 Å². The molecule has 0 spiro atoms. The first kappa shape index (κ1) is 28.6. The van der Waals surface area contributed by atoms with E-state index in [1.807, 2.05) is 0 Å². The van der Waals surface area contributed by atoms with Crippen LogP contribution in [0.15, 0.2) is 48.5 Å². The van der Waals surface area contributed by atoms with Crippen LogP contribution in [-0.2, 0) is 9.53 Å². The number of nitrogens with zero attached hydrogens (tertiary/aromatic N) is 2. The molecule has 2 aromatic rings. The van der Waals surface area contributed by atoms with Crippen molar-refractivity contribution in [2.45, 2.75) is 24.9 Å². The molecule has 0 unspecified atom stereocenters. The largest absolute Gasteiger partial charge is 0.499 e. The van der Waals surface area contributed by atoms with Crippen molar-refractivity contribution < 1.29 is 58.6 Å². The van der Waals surface area contributed by atoms with Gasteiger partial charge >= 0.3 is 30.5 Å². The molecule has 0 radical (unpaired) electrons. The van der Waals surface area contributed by atoms with Crippen molar-refractivity contribution in [1.29, 1.82) is 0 Å². The van der Waals surface area contributed by atoms with E-state index in [9.17, 15) is 49.1 Å². The molecule has 2 aromatic carbocycles. The zero-order chi connectivity index (χ0) is 27.3. The molecule has 0 aliphatic carbocycles. The number of hydrogen-bond donors (Lipinski definition) is 0. The lowest BCUT2D eigenvalue weighted by molar-refractivity contribution is -0.360. The molecule has 0 aliphatic heterocycles. The summed E-state index contributed by atoms with van der Waals surface area (Å²) in [6, 6.07) is 4.97. The van der Waals surface area contributed by atoms with Gasteiger partial charge in [-0.3, -0.25) is 14.6 Å². The van der Waals surface area contributed by atoms with E-state index in [1.165, 1.54) is 0 Å². The molecule has 6 nitrogen and oxygen atoms in total. The van der Waals surface area contributed by atoms with Crippen LogP contribution in [-0.4, -0.2) is 50.7 Å².